The van der Waals surface area contributed by atoms with Crippen LogP contribution < -0.4 is 10.6 Å². The van der Waals surface area contributed by atoms with Crippen LogP contribution in [0.1, 0.15) is 55.4 Å². The van der Waals surface area contributed by atoms with Gasteiger partial charge in [-0.1, -0.05) is 119 Å². The van der Waals surface area contributed by atoms with Crippen molar-refractivity contribution in [3.63, 3.8) is 0 Å². The number of ether oxygens (including phenoxy) is 2. The Hall–Kier alpha value is -4.52. The van der Waals surface area contributed by atoms with E-state index in [0.29, 0.717) is 6.29 Å². The fourth-order valence-electron chi connectivity index (χ4n) is 6.96. The predicted octanol–water partition coefficient (Wildman–Crippen LogP) is 7.76. The monoisotopic (exact) mass is 793 g/mol. The minimum absolute atomic E-state index is 0.0562. The molecule has 8 nitrogen and oxygen atoms in total. The molecule has 2 amide bonds. The van der Waals surface area contributed by atoms with Crippen molar-refractivity contribution in [3.8, 4) is 0 Å². The summed E-state index contributed by atoms with van der Waals surface area (Å²) in [6.45, 7) is 4.92. The molecule has 1 heterocycles. The molecular formula is C41H43BrF3N3O5. The topological polar surface area (TPSA) is 97.0 Å². The van der Waals surface area contributed by atoms with Gasteiger partial charge in [-0.05, 0) is 55.2 Å². The average Bonchev–Trinajstić information content (AvgIpc) is 3.12. The maximum absolute atomic E-state index is 13.4. The molecule has 0 bridgehead atoms. The smallest absolute Gasteiger partial charge is 0.444 e. The van der Waals surface area contributed by atoms with Gasteiger partial charge in [0, 0.05) is 42.0 Å². The highest BCUT2D eigenvalue weighted by atomic mass is 79.9. The van der Waals surface area contributed by atoms with Gasteiger partial charge in [-0.3, -0.25) is 9.69 Å². The predicted molar refractivity (Wildman–Crippen MR) is 199 cm³/mol. The van der Waals surface area contributed by atoms with Crippen LogP contribution in [-0.2, 0) is 24.7 Å². The van der Waals surface area contributed by atoms with Gasteiger partial charge in [-0.15, -0.1) is 0 Å². The Morgan fingerprint density at radius 3 is 1.77 bits per heavy atom. The van der Waals surface area contributed by atoms with Crippen molar-refractivity contribution in [2.24, 2.45) is 0 Å². The third kappa shape index (κ3) is 9.73. The Bertz CT molecular complexity index is 1710. The number of nitrogens with one attached hydrogen (secondary N) is 2. The Morgan fingerprint density at radius 1 is 0.811 bits per heavy atom. The quantitative estimate of drug-likeness (QED) is 0.100. The van der Waals surface area contributed by atoms with E-state index in [4.69, 9.17) is 9.47 Å². The number of hydrogen-bond donors (Lipinski definition) is 2. The van der Waals surface area contributed by atoms with Crippen molar-refractivity contribution >= 4 is 34.2 Å². The summed E-state index contributed by atoms with van der Waals surface area (Å²) >= 11 is 3.47. The Balaban J connectivity index is 1.59. The van der Waals surface area contributed by atoms with Gasteiger partial charge in [-0.25, -0.2) is 4.79 Å². The molecule has 280 valence electrons. The van der Waals surface area contributed by atoms with Crippen LogP contribution >= 0.6 is 15.9 Å². The largest absolute Gasteiger partial charge is 0.471 e. The second kappa shape index (κ2) is 17.1. The Kier molecular flexibility index (Phi) is 12.8. The molecule has 1 saturated heterocycles. The van der Waals surface area contributed by atoms with E-state index in [9.17, 15) is 27.6 Å². The SMILES string of the molecule is CC(C)(C)OC(=O)NC(CC=O)CN1[C@H](COC(c2ccccc2)(c2ccccc2)c2ccccc2)[C@H](c2ccc(Br)cc2)[C@@H]1CNC(=O)C(F)(F)F. The van der Waals surface area contributed by atoms with E-state index in [-0.39, 0.29) is 26.1 Å². The molecule has 0 spiro atoms. The third-order valence-electron chi connectivity index (χ3n) is 9.21. The maximum Gasteiger partial charge on any atom is 0.471 e. The molecule has 5 rings (SSSR count). The van der Waals surface area contributed by atoms with E-state index in [1.807, 2.05) is 120 Å². The first-order valence-corrected chi connectivity index (χ1v) is 18.1. The highest BCUT2D eigenvalue weighted by Gasteiger charge is 2.52. The summed E-state index contributed by atoms with van der Waals surface area (Å²) in [5, 5.41) is 4.84. The number of aldehydes is 1. The first kappa shape index (κ1) is 39.7. The van der Waals surface area contributed by atoms with Crippen LogP contribution in [0, 0.1) is 0 Å². The van der Waals surface area contributed by atoms with Gasteiger partial charge >= 0.3 is 18.2 Å². The lowest BCUT2D eigenvalue weighted by Crippen LogP contribution is -2.69. The van der Waals surface area contributed by atoms with Gasteiger partial charge in [0.1, 0.15) is 17.5 Å². The summed E-state index contributed by atoms with van der Waals surface area (Å²) in [7, 11) is 0. The zero-order valence-corrected chi connectivity index (χ0v) is 31.3. The third-order valence-corrected chi connectivity index (χ3v) is 9.74. The number of carbonyl (C=O) groups is 3. The van der Waals surface area contributed by atoms with Crippen molar-refractivity contribution in [2.75, 3.05) is 19.7 Å². The van der Waals surface area contributed by atoms with Crippen LogP contribution in [-0.4, -0.2) is 72.8 Å². The maximum atomic E-state index is 13.4. The first-order valence-electron chi connectivity index (χ1n) is 17.3. The van der Waals surface area contributed by atoms with Gasteiger partial charge in [0.25, 0.3) is 0 Å². The van der Waals surface area contributed by atoms with Crippen molar-refractivity contribution in [3.05, 3.63) is 142 Å². The summed E-state index contributed by atoms with van der Waals surface area (Å²) in [5.41, 5.74) is 1.50. The lowest BCUT2D eigenvalue weighted by Gasteiger charge is -2.57. The standard InChI is InChI=1S/C41H43BrF3N3O5/c1-39(2,3)53-38(51)47-33(23-24-49)26-48-34(25-46-37(50)41(43,44)45)36(28-19-21-32(42)22-20-28)35(48)27-52-40(29-13-7-4-8-14-29,30-15-9-5-10-16-30)31-17-11-6-12-18-31/h4-22,24,33-36H,23,25-27H2,1-3H3,(H,46,50)(H,47,51)/t33?,34-,35+,36+/m0/s1. The number of benzene rings is 4. The highest BCUT2D eigenvalue weighted by Crippen LogP contribution is 2.45. The van der Waals surface area contributed by atoms with Crippen LogP contribution in [0.25, 0.3) is 0 Å². The number of halogens is 4. The minimum atomic E-state index is -5.08. The zero-order valence-electron chi connectivity index (χ0n) is 29.7. The van der Waals surface area contributed by atoms with Gasteiger partial charge in [0.05, 0.1) is 12.6 Å². The minimum Gasteiger partial charge on any atom is -0.444 e. The molecule has 1 unspecified atom stereocenters. The summed E-state index contributed by atoms with van der Waals surface area (Å²) in [5.74, 6) is -2.48. The molecule has 4 aromatic carbocycles. The highest BCUT2D eigenvalue weighted by molar-refractivity contribution is 9.10. The van der Waals surface area contributed by atoms with Crippen molar-refractivity contribution in [1.82, 2.24) is 15.5 Å². The second-order valence-electron chi connectivity index (χ2n) is 14.0. The van der Waals surface area contributed by atoms with E-state index < -0.39 is 53.4 Å². The average molecular weight is 795 g/mol. The van der Waals surface area contributed by atoms with Crippen molar-refractivity contribution < 1.29 is 37.0 Å². The van der Waals surface area contributed by atoms with E-state index in [1.165, 1.54) is 0 Å². The molecule has 4 aromatic rings. The molecule has 53 heavy (non-hydrogen) atoms. The molecule has 12 heteroatoms. The van der Waals surface area contributed by atoms with Gasteiger partial charge in [0.2, 0.25) is 0 Å². The van der Waals surface area contributed by atoms with E-state index >= 15 is 0 Å². The molecule has 0 radical (unpaired) electrons. The van der Waals surface area contributed by atoms with Crippen LogP contribution in [0.2, 0.25) is 0 Å². The first-order chi connectivity index (χ1) is 25.2. The van der Waals surface area contributed by atoms with E-state index in [1.54, 1.807) is 20.8 Å². The normalized spacial score (nSPS) is 18.4. The van der Waals surface area contributed by atoms with Crippen LogP contribution in [0.4, 0.5) is 18.0 Å². The van der Waals surface area contributed by atoms with Crippen LogP contribution in [0.15, 0.2) is 120 Å². The summed E-state index contributed by atoms with van der Waals surface area (Å²) in [4.78, 5) is 38.8. The van der Waals surface area contributed by atoms with Gasteiger partial charge < -0.3 is 24.9 Å². The zero-order chi connectivity index (χ0) is 38.2. The molecule has 0 aromatic heterocycles. The van der Waals surface area contributed by atoms with Crippen LogP contribution in [0.3, 0.4) is 0 Å². The fourth-order valence-corrected chi connectivity index (χ4v) is 7.22. The number of rotatable bonds is 14. The Labute approximate surface area is 316 Å². The Morgan fingerprint density at radius 2 is 1.32 bits per heavy atom. The van der Waals surface area contributed by atoms with E-state index in [0.717, 1.165) is 26.7 Å². The fraction of sp³-hybridized carbons (Fsp3) is 0.341. The number of carbonyl (C=O) groups excluding carboxylic acids is 3. The molecular weight excluding hydrogens is 751 g/mol. The number of amides is 2. The lowest BCUT2D eigenvalue weighted by atomic mass is 9.74. The summed E-state index contributed by atoms with van der Waals surface area (Å²) < 4.78 is 53.8. The molecule has 0 aliphatic carbocycles. The number of likely N-dealkylation sites (tertiary alicyclic amines) is 1. The second-order valence-corrected chi connectivity index (χ2v) is 14.9. The molecule has 0 saturated carbocycles. The molecule has 1 fully saturated rings. The number of hydrogen-bond acceptors (Lipinski definition) is 6. The number of alkyl halides is 3. The summed E-state index contributed by atoms with van der Waals surface area (Å²) in [6.07, 6.45) is -5.23. The molecule has 1 aliphatic heterocycles. The number of nitrogens with zero attached hydrogens (tertiary/aromatic N) is 1. The van der Waals surface area contributed by atoms with Gasteiger partial charge in [-0.2, -0.15) is 13.2 Å². The number of alkyl carbamates (subject to hydrolysis) is 1. The van der Waals surface area contributed by atoms with Crippen molar-refractivity contribution in [2.45, 2.75) is 68.6 Å². The molecule has 4 atom stereocenters. The van der Waals surface area contributed by atoms with Gasteiger partial charge in [0.15, 0.2) is 0 Å². The van der Waals surface area contributed by atoms with E-state index in [2.05, 4.69) is 26.6 Å². The molecule has 2 N–H and O–H groups in total. The van der Waals surface area contributed by atoms with Crippen molar-refractivity contribution in [1.29, 1.82) is 0 Å². The molecule has 1 aliphatic rings. The van der Waals surface area contributed by atoms with Crippen LogP contribution in [0.5, 0.6) is 0 Å². The summed E-state index contributed by atoms with van der Waals surface area (Å²) in [6, 6.07) is 34.9. The lowest BCUT2D eigenvalue weighted by molar-refractivity contribution is -0.174.